The molecule has 1 aliphatic heterocycles. The third-order valence-corrected chi connectivity index (χ3v) is 4.04. The molecule has 0 aromatic heterocycles. The van der Waals surface area contributed by atoms with Crippen LogP contribution in [0.25, 0.3) is 0 Å². The third-order valence-electron chi connectivity index (χ3n) is 4.04. The predicted octanol–water partition coefficient (Wildman–Crippen LogP) is 0.786. The standard InChI is InChI=1S/C14H20N4O2/c1-7(17(3)4)8(2)18-13(19)9-5-11(15)12(16)6-10(9)14(18)20/h5-8H,15-16H2,1-4H3. The fourth-order valence-corrected chi connectivity index (χ4v) is 2.36. The highest BCUT2D eigenvalue weighted by Crippen LogP contribution is 2.30. The summed E-state index contributed by atoms with van der Waals surface area (Å²) < 4.78 is 0. The smallest absolute Gasteiger partial charge is 0.261 e. The Morgan fingerprint density at radius 2 is 1.40 bits per heavy atom. The molecule has 0 aliphatic carbocycles. The number of carbonyl (C=O) groups excluding carboxylic acids is 2. The molecule has 6 nitrogen and oxygen atoms in total. The highest BCUT2D eigenvalue weighted by atomic mass is 16.2. The Labute approximate surface area is 118 Å². The Morgan fingerprint density at radius 1 is 1.00 bits per heavy atom. The van der Waals surface area contributed by atoms with E-state index < -0.39 is 0 Å². The number of nitrogens with two attached hydrogens (primary N) is 2. The molecule has 6 heteroatoms. The molecular weight excluding hydrogens is 256 g/mol. The van der Waals surface area contributed by atoms with Crippen LogP contribution in [-0.4, -0.2) is 47.8 Å². The van der Waals surface area contributed by atoms with Gasteiger partial charge in [0.2, 0.25) is 0 Å². The molecule has 1 aromatic rings. The van der Waals surface area contributed by atoms with E-state index in [1.54, 1.807) is 0 Å². The maximum atomic E-state index is 12.4. The average molecular weight is 276 g/mol. The van der Waals surface area contributed by atoms with Crippen molar-refractivity contribution in [1.82, 2.24) is 9.80 Å². The average Bonchev–Trinajstić information content (AvgIpc) is 2.61. The quantitative estimate of drug-likeness (QED) is 0.629. The topological polar surface area (TPSA) is 92.7 Å². The molecule has 4 N–H and O–H groups in total. The lowest BCUT2D eigenvalue weighted by Gasteiger charge is -2.32. The molecule has 1 aliphatic rings. The number of hydrogen-bond acceptors (Lipinski definition) is 5. The van der Waals surface area contributed by atoms with E-state index in [1.807, 2.05) is 32.8 Å². The molecule has 20 heavy (non-hydrogen) atoms. The predicted molar refractivity (Wildman–Crippen MR) is 78.4 cm³/mol. The van der Waals surface area contributed by atoms with Crippen molar-refractivity contribution in [2.24, 2.45) is 0 Å². The van der Waals surface area contributed by atoms with Gasteiger partial charge in [0.25, 0.3) is 11.8 Å². The molecule has 2 unspecified atom stereocenters. The van der Waals surface area contributed by atoms with Gasteiger partial charge in [-0.25, -0.2) is 0 Å². The second kappa shape index (κ2) is 4.79. The van der Waals surface area contributed by atoms with Crippen LogP contribution in [0.5, 0.6) is 0 Å². The van der Waals surface area contributed by atoms with Gasteiger partial charge in [-0.05, 0) is 40.1 Å². The zero-order valence-corrected chi connectivity index (χ0v) is 12.2. The van der Waals surface area contributed by atoms with E-state index in [0.717, 1.165) is 0 Å². The van der Waals surface area contributed by atoms with Gasteiger partial charge in [-0.1, -0.05) is 0 Å². The maximum Gasteiger partial charge on any atom is 0.261 e. The number of fused-ring (bicyclic) bond motifs is 1. The van der Waals surface area contributed by atoms with Crippen LogP contribution in [-0.2, 0) is 0 Å². The van der Waals surface area contributed by atoms with Crippen molar-refractivity contribution >= 4 is 23.2 Å². The molecular formula is C14H20N4O2. The number of nitrogens with zero attached hydrogens (tertiary/aromatic N) is 2. The minimum absolute atomic E-state index is 0.0481. The van der Waals surface area contributed by atoms with Gasteiger partial charge in [0.05, 0.1) is 28.5 Å². The summed E-state index contributed by atoms with van der Waals surface area (Å²) in [7, 11) is 3.82. The van der Waals surface area contributed by atoms with Crippen LogP contribution in [0.15, 0.2) is 12.1 Å². The summed E-state index contributed by atoms with van der Waals surface area (Å²) in [5.74, 6) is -0.615. The van der Waals surface area contributed by atoms with Gasteiger partial charge < -0.3 is 16.4 Å². The van der Waals surface area contributed by atoms with Crippen molar-refractivity contribution < 1.29 is 9.59 Å². The molecule has 2 atom stereocenters. The third kappa shape index (κ3) is 2.02. The summed E-state index contributed by atoms with van der Waals surface area (Å²) in [6, 6.07) is 2.78. The molecule has 0 saturated carbocycles. The van der Waals surface area contributed by atoms with Gasteiger partial charge in [0.1, 0.15) is 0 Å². The Balaban J connectivity index is 2.42. The summed E-state index contributed by atoms with van der Waals surface area (Å²) in [6.45, 7) is 3.83. The first-order chi connectivity index (χ1) is 9.25. The van der Waals surface area contributed by atoms with Crippen LogP contribution >= 0.6 is 0 Å². The van der Waals surface area contributed by atoms with Gasteiger partial charge >= 0.3 is 0 Å². The van der Waals surface area contributed by atoms with Crippen molar-refractivity contribution in [1.29, 1.82) is 0 Å². The summed E-state index contributed by atoms with van der Waals surface area (Å²) in [4.78, 5) is 28.1. The maximum absolute atomic E-state index is 12.4. The Bertz CT molecular complexity index is 542. The molecule has 2 amide bonds. The fraction of sp³-hybridized carbons (Fsp3) is 0.429. The van der Waals surface area contributed by atoms with Crippen LogP contribution in [0, 0.1) is 0 Å². The second-order valence-corrected chi connectivity index (χ2v) is 5.45. The molecule has 1 aromatic carbocycles. The van der Waals surface area contributed by atoms with Crippen LogP contribution in [0.2, 0.25) is 0 Å². The normalized spacial score (nSPS) is 17.6. The number of anilines is 2. The van der Waals surface area contributed by atoms with Crippen molar-refractivity contribution in [3.63, 3.8) is 0 Å². The number of carbonyl (C=O) groups is 2. The zero-order chi connectivity index (χ0) is 15.2. The largest absolute Gasteiger partial charge is 0.397 e. The van der Waals surface area contributed by atoms with Crippen LogP contribution < -0.4 is 11.5 Å². The first kappa shape index (κ1) is 14.3. The number of hydrogen-bond donors (Lipinski definition) is 2. The molecule has 0 fully saturated rings. The molecule has 2 rings (SSSR count). The van der Waals surface area contributed by atoms with Gasteiger partial charge in [0.15, 0.2) is 0 Å². The van der Waals surface area contributed by atoms with Crippen molar-refractivity contribution in [2.75, 3.05) is 25.6 Å². The van der Waals surface area contributed by atoms with E-state index in [1.165, 1.54) is 17.0 Å². The monoisotopic (exact) mass is 276 g/mol. The number of benzene rings is 1. The highest BCUT2D eigenvalue weighted by molar-refractivity contribution is 6.22. The summed E-state index contributed by atoms with van der Waals surface area (Å²) in [6.07, 6.45) is 0. The van der Waals surface area contributed by atoms with Crippen molar-refractivity contribution in [3.8, 4) is 0 Å². The number of amides is 2. The van der Waals surface area contributed by atoms with E-state index in [-0.39, 0.29) is 23.9 Å². The first-order valence-corrected chi connectivity index (χ1v) is 6.49. The van der Waals surface area contributed by atoms with E-state index in [9.17, 15) is 9.59 Å². The molecule has 1 heterocycles. The summed E-state index contributed by atoms with van der Waals surface area (Å²) in [5.41, 5.74) is 12.7. The van der Waals surface area contributed by atoms with Crippen molar-refractivity contribution in [3.05, 3.63) is 23.3 Å². The van der Waals surface area contributed by atoms with E-state index in [4.69, 9.17) is 11.5 Å². The summed E-state index contributed by atoms with van der Waals surface area (Å²) in [5, 5.41) is 0. The lowest BCUT2D eigenvalue weighted by atomic mass is 10.1. The van der Waals surface area contributed by atoms with Crippen molar-refractivity contribution in [2.45, 2.75) is 25.9 Å². The minimum atomic E-state index is -0.307. The molecule has 0 bridgehead atoms. The minimum Gasteiger partial charge on any atom is -0.397 e. The van der Waals surface area contributed by atoms with E-state index in [0.29, 0.717) is 22.5 Å². The zero-order valence-electron chi connectivity index (χ0n) is 12.2. The summed E-state index contributed by atoms with van der Waals surface area (Å²) >= 11 is 0. The first-order valence-electron chi connectivity index (χ1n) is 6.49. The van der Waals surface area contributed by atoms with Crippen LogP contribution in [0.4, 0.5) is 11.4 Å². The lowest BCUT2D eigenvalue weighted by molar-refractivity contribution is 0.0525. The fourth-order valence-electron chi connectivity index (χ4n) is 2.36. The molecule has 0 spiro atoms. The Hall–Kier alpha value is -2.08. The SMILES string of the molecule is CC(C(C)N1C(=O)c2cc(N)c(N)cc2C1=O)N(C)C. The van der Waals surface area contributed by atoms with Gasteiger partial charge in [0, 0.05) is 6.04 Å². The van der Waals surface area contributed by atoms with Gasteiger partial charge in [-0.3, -0.25) is 14.5 Å². The second-order valence-electron chi connectivity index (χ2n) is 5.45. The molecule has 0 radical (unpaired) electrons. The number of rotatable bonds is 3. The number of imide groups is 1. The molecule has 0 saturated heterocycles. The van der Waals surface area contributed by atoms with E-state index in [2.05, 4.69) is 0 Å². The van der Waals surface area contributed by atoms with Crippen LogP contribution in [0.1, 0.15) is 34.6 Å². The van der Waals surface area contributed by atoms with E-state index >= 15 is 0 Å². The Morgan fingerprint density at radius 3 is 1.75 bits per heavy atom. The highest BCUT2D eigenvalue weighted by Gasteiger charge is 2.40. The van der Waals surface area contributed by atoms with Crippen LogP contribution in [0.3, 0.4) is 0 Å². The Kier molecular flexibility index (Phi) is 3.43. The lowest BCUT2D eigenvalue weighted by Crippen LogP contribution is -2.48. The van der Waals surface area contributed by atoms with Gasteiger partial charge in [-0.15, -0.1) is 0 Å². The van der Waals surface area contributed by atoms with Gasteiger partial charge in [-0.2, -0.15) is 0 Å². The number of nitrogen functional groups attached to an aromatic ring is 2. The number of likely N-dealkylation sites (N-methyl/N-ethyl adjacent to an activating group) is 1. The molecule has 108 valence electrons.